The molecule has 0 aliphatic carbocycles. The quantitative estimate of drug-likeness (QED) is 0.631. The highest BCUT2D eigenvalue weighted by Crippen LogP contribution is 2.28. The van der Waals surface area contributed by atoms with Gasteiger partial charge in [-0.3, -0.25) is 14.8 Å². The van der Waals surface area contributed by atoms with Crippen molar-refractivity contribution >= 4 is 21.4 Å². The molecule has 0 unspecified atom stereocenters. The fourth-order valence-corrected chi connectivity index (χ4v) is 2.43. The van der Waals surface area contributed by atoms with Gasteiger partial charge in [0.25, 0.3) is 10.0 Å². The molecule has 0 fully saturated rings. The third-order valence-electron chi connectivity index (χ3n) is 2.27. The van der Waals surface area contributed by atoms with E-state index in [4.69, 9.17) is 0 Å². The van der Waals surface area contributed by atoms with Crippen molar-refractivity contribution < 1.29 is 18.4 Å². The standard InChI is InChI=1S/C10H8N4O5S/c15-10-2-1-8(3-9(10)14(16)17)20(18,19)13-7-4-11-6-12-5-7/h1-6,13,15H. The lowest BCUT2D eigenvalue weighted by Crippen LogP contribution is -2.13. The van der Waals surface area contributed by atoms with Crippen molar-refractivity contribution in [2.75, 3.05) is 4.72 Å². The molecule has 1 heterocycles. The van der Waals surface area contributed by atoms with Gasteiger partial charge in [-0.15, -0.1) is 0 Å². The number of anilines is 1. The van der Waals surface area contributed by atoms with Crippen LogP contribution >= 0.6 is 0 Å². The average molecular weight is 296 g/mol. The van der Waals surface area contributed by atoms with Gasteiger partial charge in [0.15, 0.2) is 5.75 Å². The summed E-state index contributed by atoms with van der Waals surface area (Å²) in [4.78, 5) is 16.7. The Morgan fingerprint density at radius 2 is 1.90 bits per heavy atom. The highest BCUT2D eigenvalue weighted by Gasteiger charge is 2.21. The summed E-state index contributed by atoms with van der Waals surface area (Å²) in [5.74, 6) is -0.614. The Hall–Kier alpha value is -2.75. The van der Waals surface area contributed by atoms with Gasteiger partial charge < -0.3 is 5.11 Å². The van der Waals surface area contributed by atoms with Crippen LogP contribution in [-0.4, -0.2) is 28.4 Å². The Morgan fingerprint density at radius 1 is 1.25 bits per heavy atom. The van der Waals surface area contributed by atoms with E-state index >= 15 is 0 Å². The molecule has 0 bridgehead atoms. The Balaban J connectivity index is 2.40. The summed E-state index contributed by atoms with van der Waals surface area (Å²) in [6, 6.07) is 2.75. The summed E-state index contributed by atoms with van der Waals surface area (Å²) in [6.45, 7) is 0. The van der Waals surface area contributed by atoms with E-state index in [1.165, 1.54) is 18.7 Å². The van der Waals surface area contributed by atoms with Crippen molar-refractivity contribution in [3.05, 3.63) is 47.0 Å². The summed E-state index contributed by atoms with van der Waals surface area (Å²) < 4.78 is 26.2. The van der Waals surface area contributed by atoms with Gasteiger partial charge in [0.2, 0.25) is 0 Å². The number of benzene rings is 1. The number of phenolic OH excluding ortho intramolecular Hbond substituents is 1. The highest BCUT2D eigenvalue weighted by atomic mass is 32.2. The van der Waals surface area contributed by atoms with E-state index in [0.717, 1.165) is 18.2 Å². The van der Waals surface area contributed by atoms with Crippen LogP contribution in [0.2, 0.25) is 0 Å². The van der Waals surface area contributed by atoms with Gasteiger partial charge in [0, 0.05) is 6.07 Å². The first-order valence-electron chi connectivity index (χ1n) is 5.15. The van der Waals surface area contributed by atoms with Crippen molar-refractivity contribution in [2.24, 2.45) is 0 Å². The highest BCUT2D eigenvalue weighted by molar-refractivity contribution is 7.92. The summed E-state index contributed by atoms with van der Waals surface area (Å²) in [5.41, 5.74) is -0.583. The smallest absolute Gasteiger partial charge is 0.312 e. The molecule has 2 N–H and O–H groups in total. The topological polar surface area (TPSA) is 135 Å². The Bertz CT molecular complexity index is 747. The first-order valence-corrected chi connectivity index (χ1v) is 6.64. The molecule has 2 aromatic rings. The SMILES string of the molecule is O=[N+]([O-])c1cc(S(=O)(=O)Nc2cncnc2)ccc1O. The third kappa shape index (κ3) is 2.80. The fraction of sp³-hybridized carbons (Fsp3) is 0. The summed E-state index contributed by atoms with van der Waals surface area (Å²) in [6.07, 6.45) is 3.70. The van der Waals surface area contributed by atoms with Gasteiger partial charge in [0.05, 0.1) is 27.9 Å². The minimum atomic E-state index is -4.03. The molecule has 0 atom stereocenters. The van der Waals surface area contributed by atoms with Crippen molar-refractivity contribution in [3.8, 4) is 5.75 Å². The molecule has 0 saturated heterocycles. The second-order valence-electron chi connectivity index (χ2n) is 3.64. The normalized spacial score (nSPS) is 11.0. The summed E-state index contributed by atoms with van der Waals surface area (Å²) in [7, 11) is -4.03. The summed E-state index contributed by atoms with van der Waals surface area (Å²) >= 11 is 0. The molecule has 0 spiro atoms. The lowest BCUT2D eigenvalue weighted by molar-refractivity contribution is -0.386. The Labute approximate surface area is 113 Å². The molecule has 1 aromatic heterocycles. The molecule has 0 aliphatic rings. The molecule has 0 saturated carbocycles. The minimum Gasteiger partial charge on any atom is -0.502 e. The molecule has 0 aliphatic heterocycles. The van der Waals surface area contributed by atoms with E-state index in [1.807, 2.05) is 0 Å². The predicted octanol–water partition coefficient (Wildman–Crippen LogP) is 0.891. The minimum absolute atomic E-state index is 0.114. The van der Waals surface area contributed by atoms with Gasteiger partial charge in [0.1, 0.15) is 6.33 Å². The molecule has 9 nitrogen and oxygen atoms in total. The second-order valence-corrected chi connectivity index (χ2v) is 5.32. The lowest BCUT2D eigenvalue weighted by atomic mass is 10.3. The number of nitrogens with zero attached hydrogens (tertiary/aromatic N) is 3. The molecule has 0 radical (unpaired) electrons. The zero-order valence-corrected chi connectivity index (χ0v) is 10.6. The van der Waals surface area contributed by atoms with Crippen LogP contribution in [0.25, 0.3) is 0 Å². The maximum absolute atomic E-state index is 12.0. The first-order chi connectivity index (χ1) is 9.40. The van der Waals surface area contributed by atoms with Gasteiger partial charge in [-0.2, -0.15) is 0 Å². The number of nitrogens with one attached hydrogen (secondary N) is 1. The monoisotopic (exact) mass is 296 g/mol. The van der Waals surface area contributed by atoms with E-state index in [0.29, 0.717) is 0 Å². The van der Waals surface area contributed by atoms with E-state index < -0.39 is 26.4 Å². The van der Waals surface area contributed by atoms with E-state index in [1.54, 1.807) is 0 Å². The first kappa shape index (κ1) is 13.7. The zero-order chi connectivity index (χ0) is 14.8. The van der Waals surface area contributed by atoms with E-state index in [9.17, 15) is 23.6 Å². The largest absolute Gasteiger partial charge is 0.502 e. The van der Waals surface area contributed by atoms with Crippen molar-refractivity contribution in [2.45, 2.75) is 4.90 Å². The maximum atomic E-state index is 12.0. The Morgan fingerprint density at radius 3 is 2.50 bits per heavy atom. The van der Waals surface area contributed by atoms with Crippen molar-refractivity contribution in [1.29, 1.82) is 0 Å². The molecule has 104 valence electrons. The Kier molecular flexibility index (Phi) is 3.48. The van der Waals surface area contributed by atoms with Gasteiger partial charge in [-0.25, -0.2) is 18.4 Å². The number of nitro groups is 1. The second kappa shape index (κ2) is 5.09. The predicted molar refractivity (Wildman–Crippen MR) is 67.6 cm³/mol. The van der Waals surface area contributed by atoms with Crippen LogP contribution in [0, 0.1) is 10.1 Å². The van der Waals surface area contributed by atoms with Crippen LogP contribution in [0.15, 0.2) is 41.8 Å². The molecule has 10 heteroatoms. The van der Waals surface area contributed by atoms with E-state index in [-0.39, 0.29) is 10.6 Å². The van der Waals surface area contributed by atoms with Crippen molar-refractivity contribution in [3.63, 3.8) is 0 Å². The number of hydrogen-bond donors (Lipinski definition) is 2. The molecule has 20 heavy (non-hydrogen) atoms. The number of phenols is 1. The summed E-state index contributed by atoms with van der Waals surface area (Å²) in [5, 5.41) is 20.0. The number of hydrogen-bond acceptors (Lipinski definition) is 7. The fourth-order valence-electron chi connectivity index (χ4n) is 1.38. The van der Waals surface area contributed by atoms with Gasteiger partial charge in [-0.1, -0.05) is 0 Å². The molecule has 0 amide bonds. The molecule has 2 rings (SSSR count). The maximum Gasteiger partial charge on any atom is 0.312 e. The zero-order valence-electron chi connectivity index (χ0n) is 9.79. The number of nitro benzene ring substituents is 1. The van der Waals surface area contributed by atoms with Crippen LogP contribution < -0.4 is 4.72 Å². The average Bonchev–Trinajstić information content (AvgIpc) is 2.39. The van der Waals surface area contributed by atoms with Crippen LogP contribution in [-0.2, 0) is 10.0 Å². The van der Waals surface area contributed by atoms with Crippen LogP contribution in [0.5, 0.6) is 5.75 Å². The molecule has 1 aromatic carbocycles. The number of sulfonamides is 1. The van der Waals surface area contributed by atoms with Gasteiger partial charge in [-0.05, 0) is 12.1 Å². The van der Waals surface area contributed by atoms with Crippen LogP contribution in [0.1, 0.15) is 0 Å². The van der Waals surface area contributed by atoms with Gasteiger partial charge >= 0.3 is 5.69 Å². The number of aromatic nitrogens is 2. The lowest BCUT2D eigenvalue weighted by Gasteiger charge is -2.07. The van der Waals surface area contributed by atoms with Crippen LogP contribution in [0.3, 0.4) is 0 Å². The third-order valence-corrected chi connectivity index (χ3v) is 3.65. The number of aromatic hydroxyl groups is 1. The molecular weight excluding hydrogens is 288 g/mol. The molecular formula is C10H8N4O5S. The van der Waals surface area contributed by atoms with Crippen LogP contribution in [0.4, 0.5) is 11.4 Å². The van der Waals surface area contributed by atoms with E-state index in [2.05, 4.69) is 14.7 Å². The van der Waals surface area contributed by atoms with Crippen molar-refractivity contribution in [1.82, 2.24) is 9.97 Å². The number of rotatable bonds is 4.